The first kappa shape index (κ1) is 19.0. The summed E-state index contributed by atoms with van der Waals surface area (Å²) in [6.45, 7) is 2.59. The first-order valence-corrected chi connectivity index (χ1v) is 9.48. The van der Waals surface area contributed by atoms with Crippen LogP contribution in [0.15, 0.2) is 30.5 Å². The highest BCUT2D eigenvalue weighted by Gasteiger charge is 2.29. The molecule has 8 nitrogen and oxygen atoms in total. The summed E-state index contributed by atoms with van der Waals surface area (Å²) in [6.07, 6.45) is 2.19. The van der Waals surface area contributed by atoms with Gasteiger partial charge in [-0.3, -0.25) is 9.48 Å². The molecule has 1 aromatic carbocycles. The maximum atomic E-state index is 11.6. The first-order valence-electron chi connectivity index (χ1n) is 9.48. The average molecular weight is 396 g/mol. The van der Waals surface area contributed by atoms with Gasteiger partial charge in [0, 0.05) is 37.7 Å². The largest absolute Gasteiger partial charge is 0.493 e. The molecule has 0 bridgehead atoms. The summed E-state index contributed by atoms with van der Waals surface area (Å²) in [7, 11) is 5.07. The molecule has 3 heterocycles. The normalized spacial score (nSPS) is 17.2. The highest BCUT2D eigenvalue weighted by molar-refractivity contribution is 5.87. The van der Waals surface area contributed by atoms with Crippen molar-refractivity contribution < 1.29 is 19.0 Å². The minimum absolute atomic E-state index is 0.0593. The minimum atomic E-state index is -0.162. The van der Waals surface area contributed by atoms with E-state index in [1.54, 1.807) is 18.9 Å². The Labute approximate surface area is 168 Å². The maximum Gasteiger partial charge on any atom is 0.225 e. The Bertz CT molecular complexity index is 1060. The van der Waals surface area contributed by atoms with Crippen molar-refractivity contribution >= 4 is 16.8 Å². The lowest BCUT2D eigenvalue weighted by Crippen LogP contribution is -2.26. The highest BCUT2D eigenvalue weighted by Crippen LogP contribution is 2.35. The van der Waals surface area contributed by atoms with Crippen LogP contribution in [-0.4, -0.2) is 47.5 Å². The van der Waals surface area contributed by atoms with E-state index in [0.717, 1.165) is 22.2 Å². The van der Waals surface area contributed by atoms with Crippen molar-refractivity contribution in [3.8, 4) is 28.6 Å². The molecule has 1 fully saturated rings. The molecule has 1 N–H and O–H groups in total. The second-order valence-electron chi connectivity index (χ2n) is 7.21. The molecule has 8 heteroatoms. The van der Waals surface area contributed by atoms with Gasteiger partial charge in [0.05, 0.1) is 30.8 Å². The molecule has 1 saturated heterocycles. The van der Waals surface area contributed by atoms with E-state index < -0.39 is 0 Å². The van der Waals surface area contributed by atoms with Gasteiger partial charge in [-0.1, -0.05) is 0 Å². The number of ether oxygens (including phenoxy) is 3. The number of amides is 1. The van der Waals surface area contributed by atoms with Crippen LogP contribution >= 0.6 is 0 Å². The second-order valence-corrected chi connectivity index (χ2v) is 7.21. The van der Waals surface area contributed by atoms with Gasteiger partial charge in [0.1, 0.15) is 6.10 Å². The van der Waals surface area contributed by atoms with Crippen molar-refractivity contribution in [2.75, 3.05) is 20.8 Å². The van der Waals surface area contributed by atoms with Crippen molar-refractivity contribution in [3.05, 3.63) is 30.5 Å². The molecule has 1 aliphatic heterocycles. The molecule has 2 aromatic heterocycles. The van der Waals surface area contributed by atoms with Crippen LogP contribution in [0.2, 0.25) is 0 Å². The Hall–Kier alpha value is -3.29. The van der Waals surface area contributed by atoms with E-state index in [0.29, 0.717) is 30.3 Å². The van der Waals surface area contributed by atoms with Gasteiger partial charge >= 0.3 is 0 Å². The highest BCUT2D eigenvalue weighted by atomic mass is 16.5. The van der Waals surface area contributed by atoms with E-state index in [4.69, 9.17) is 19.2 Å². The number of hydrogen-bond donors (Lipinski definition) is 1. The van der Waals surface area contributed by atoms with E-state index in [9.17, 15) is 4.79 Å². The summed E-state index contributed by atoms with van der Waals surface area (Å²) in [5, 5.41) is 8.22. The van der Waals surface area contributed by atoms with Crippen molar-refractivity contribution in [1.29, 1.82) is 0 Å². The lowest BCUT2D eigenvalue weighted by molar-refractivity contribution is -0.119. The molecule has 2 unspecified atom stereocenters. The van der Waals surface area contributed by atoms with Crippen molar-refractivity contribution in [1.82, 2.24) is 20.1 Å². The van der Waals surface area contributed by atoms with Gasteiger partial charge in [0.25, 0.3) is 0 Å². The van der Waals surface area contributed by atoms with E-state index in [1.165, 1.54) is 0 Å². The number of pyridine rings is 1. The molecule has 1 amide bonds. The summed E-state index contributed by atoms with van der Waals surface area (Å²) in [4.78, 5) is 16.3. The van der Waals surface area contributed by atoms with Crippen LogP contribution in [0.5, 0.6) is 17.4 Å². The second kappa shape index (κ2) is 7.62. The lowest BCUT2D eigenvalue weighted by atomic mass is 10.0. The van der Waals surface area contributed by atoms with Gasteiger partial charge in [-0.05, 0) is 31.2 Å². The van der Waals surface area contributed by atoms with Crippen LogP contribution < -0.4 is 19.5 Å². The zero-order valence-electron chi connectivity index (χ0n) is 16.9. The van der Waals surface area contributed by atoms with Gasteiger partial charge in [-0.25, -0.2) is 4.98 Å². The SMILES string of the molecule is COc1ccc(-c2cc3nn(C)cc3c(OC(C)C3CNC(=O)C3)n2)cc1OC. The monoisotopic (exact) mass is 396 g/mol. The molecule has 4 rings (SSSR count). The third-order valence-electron chi connectivity index (χ3n) is 5.23. The molecule has 1 aliphatic rings. The van der Waals surface area contributed by atoms with E-state index >= 15 is 0 Å². The number of methoxy groups -OCH3 is 2. The Kier molecular flexibility index (Phi) is 5.00. The number of nitrogens with one attached hydrogen (secondary N) is 1. The van der Waals surface area contributed by atoms with Crippen LogP contribution in [0.1, 0.15) is 13.3 Å². The number of benzene rings is 1. The molecule has 3 aromatic rings. The van der Waals surface area contributed by atoms with Crippen molar-refractivity contribution in [3.63, 3.8) is 0 Å². The summed E-state index contributed by atoms with van der Waals surface area (Å²) < 4.78 is 18.7. The third kappa shape index (κ3) is 3.70. The van der Waals surface area contributed by atoms with Crippen LogP contribution in [0.3, 0.4) is 0 Å². The third-order valence-corrected chi connectivity index (χ3v) is 5.23. The zero-order valence-corrected chi connectivity index (χ0v) is 16.9. The fourth-order valence-corrected chi connectivity index (χ4v) is 3.57. The summed E-state index contributed by atoms with van der Waals surface area (Å²) >= 11 is 0. The molecular weight excluding hydrogens is 372 g/mol. The molecular formula is C21H24N4O4. The summed E-state index contributed by atoms with van der Waals surface area (Å²) in [6, 6.07) is 7.57. The van der Waals surface area contributed by atoms with Crippen LogP contribution in [-0.2, 0) is 11.8 Å². The summed E-state index contributed by atoms with van der Waals surface area (Å²) in [5.74, 6) is 1.95. The molecule has 2 atom stereocenters. The molecule has 0 radical (unpaired) electrons. The Balaban J connectivity index is 1.73. The number of nitrogens with zero attached hydrogens (tertiary/aromatic N) is 3. The number of aryl methyl sites for hydroxylation is 1. The standard InChI is InChI=1S/C21H24N4O4/c1-12(14-8-20(26)22-10-14)29-21-15-11-25(2)24-17(15)9-16(23-21)13-5-6-18(27-3)19(7-13)28-4/h5-7,9,11-12,14H,8,10H2,1-4H3,(H,22,26). The van der Waals surface area contributed by atoms with Gasteiger partial charge in [0.15, 0.2) is 11.5 Å². The number of carbonyl (C=O) groups excluding carboxylic acids is 1. The van der Waals surface area contributed by atoms with Crippen LogP contribution in [0, 0.1) is 5.92 Å². The Morgan fingerprint density at radius 3 is 2.69 bits per heavy atom. The molecule has 29 heavy (non-hydrogen) atoms. The van der Waals surface area contributed by atoms with E-state index in [-0.39, 0.29) is 17.9 Å². The van der Waals surface area contributed by atoms with Crippen LogP contribution in [0.25, 0.3) is 22.2 Å². The molecule has 0 spiro atoms. The van der Waals surface area contributed by atoms with E-state index in [2.05, 4.69) is 10.4 Å². The van der Waals surface area contributed by atoms with Crippen molar-refractivity contribution in [2.24, 2.45) is 13.0 Å². The Morgan fingerprint density at radius 2 is 2.00 bits per heavy atom. The maximum absolute atomic E-state index is 11.6. The number of carbonyl (C=O) groups is 1. The minimum Gasteiger partial charge on any atom is -0.493 e. The average Bonchev–Trinajstić information content (AvgIpc) is 3.32. The Morgan fingerprint density at radius 1 is 1.21 bits per heavy atom. The lowest BCUT2D eigenvalue weighted by Gasteiger charge is -2.19. The molecule has 0 saturated carbocycles. The fraction of sp³-hybridized carbons (Fsp3) is 0.381. The predicted octanol–water partition coefficient (Wildman–Crippen LogP) is 2.56. The number of hydrogen-bond acceptors (Lipinski definition) is 6. The first-order chi connectivity index (χ1) is 14.0. The number of rotatable bonds is 6. The predicted molar refractivity (Wildman–Crippen MR) is 108 cm³/mol. The molecule has 152 valence electrons. The summed E-state index contributed by atoms with van der Waals surface area (Å²) in [5.41, 5.74) is 2.38. The van der Waals surface area contributed by atoms with Gasteiger partial charge in [-0.15, -0.1) is 0 Å². The zero-order chi connectivity index (χ0) is 20.5. The molecule has 0 aliphatic carbocycles. The number of aromatic nitrogens is 3. The quantitative estimate of drug-likeness (QED) is 0.689. The number of fused-ring (bicyclic) bond motifs is 1. The van der Waals surface area contributed by atoms with Gasteiger partial charge in [-0.2, -0.15) is 5.10 Å². The fourth-order valence-electron chi connectivity index (χ4n) is 3.57. The smallest absolute Gasteiger partial charge is 0.225 e. The van der Waals surface area contributed by atoms with Gasteiger partial charge < -0.3 is 19.5 Å². The van der Waals surface area contributed by atoms with Crippen molar-refractivity contribution in [2.45, 2.75) is 19.4 Å². The van der Waals surface area contributed by atoms with E-state index in [1.807, 2.05) is 44.4 Å². The van der Waals surface area contributed by atoms with Gasteiger partial charge in [0.2, 0.25) is 11.8 Å². The van der Waals surface area contributed by atoms with Crippen LogP contribution in [0.4, 0.5) is 0 Å². The topological polar surface area (TPSA) is 87.5 Å².